The van der Waals surface area contributed by atoms with Gasteiger partial charge >= 0.3 is 0 Å². The lowest BCUT2D eigenvalue weighted by molar-refractivity contribution is 0.219. The standard InChI is InChI=1S/C27H41N5O5S2Si/c1-19-9-11-23(12-10-19)39(35,36)32-14-13-24-25(28-18-29-26(24)32)31(6)22-15-21(16-22)30-38(33,34)17-20(2)37-40(7,8)27(3,4)5/h9-14,18,20-22,30H,15-17H2,1-8H3/t20-,21?,22?/m1/s1. The second-order valence-electron chi connectivity index (χ2n) is 12.4. The topological polar surface area (TPSA) is 123 Å². The van der Waals surface area contributed by atoms with Gasteiger partial charge in [-0.05, 0) is 63.0 Å². The summed E-state index contributed by atoms with van der Waals surface area (Å²) in [6.45, 7) is 14.4. The number of aryl methyl sites for hydroxylation is 1. The zero-order chi connectivity index (χ0) is 29.7. The number of nitrogens with zero attached hydrogens (tertiary/aromatic N) is 4. The molecule has 1 aromatic carbocycles. The number of fused-ring (bicyclic) bond motifs is 1. The van der Waals surface area contributed by atoms with Gasteiger partial charge in [0.15, 0.2) is 14.0 Å². The van der Waals surface area contributed by atoms with Crippen LogP contribution in [0.3, 0.4) is 0 Å². The minimum atomic E-state index is -3.83. The Bertz CT molecular complexity index is 1580. The molecule has 0 saturated heterocycles. The van der Waals surface area contributed by atoms with Crippen molar-refractivity contribution in [3.8, 4) is 0 Å². The van der Waals surface area contributed by atoms with Crippen LogP contribution in [0.25, 0.3) is 11.0 Å². The molecule has 10 nitrogen and oxygen atoms in total. The maximum absolute atomic E-state index is 13.3. The van der Waals surface area contributed by atoms with Gasteiger partial charge in [-0.1, -0.05) is 38.5 Å². The van der Waals surface area contributed by atoms with E-state index in [-0.39, 0.29) is 27.8 Å². The molecule has 13 heteroatoms. The molecule has 1 saturated carbocycles. The van der Waals surface area contributed by atoms with Crippen molar-refractivity contribution in [2.24, 2.45) is 0 Å². The van der Waals surface area contributed by atoms with Crippen LogP contribution >= 0.6 is 0 Å². The average molecular weight is 608 g/mol. The third kappa shape index (κ3) is 6.28. The van der Waals surface area contributed by atoms with E-state index < -0.39 is 34.5 Å². The van der Waals surface area contributed by atoms with E-state index >= 15 is 0 Å². The van der Waals surface area contributed by atoms with Gasteiger partial charge in [0.25, 0.3) is 10.0 Å². The molecule has 4 rings (SSSR count). The van der Waals surface area contributed by atoms with Gasteiger partial charge in [-0.2, -0.15) is 0 Å². The molecular formula is C27H41N5O5S2Si. The van der Waals surface area contributed by atoms with Crippen LogP contribution < -0.4 is 9.62 Å². The molecule has 220 valence electrons. The Labute approximate surface area is 239 Å². The van der Waals surface area contributed by atoms with E-state index in [9.17, 15) is 16.8 Å². The first-order valence-electron chi connectivity index (χ1n) is 13.5. The number of sulfonamides is 1. The van der Waals surface area contributed by atoms with E-state index in [0.29, 0.717) is 29.7 Å². The highest BCUT2D eigenvalue weighted by atomic mass is 32.2. The maximum atomic E-state index is 13.3. The summed E-state index contributed by atoms with van der Waals surface area (Å²) in [6, 6.07) is 8.26. The molecule has 1 aliphatic rings. The summed E-state index contributed by atoms with van der Waals surface area (Å²) >= 11 is 0. The Kier molecular flexibility index (Phi) is 8.29. The fourth-order valence-electron chi connectivity index (χ4n) is 4.71. The van der Waals surface area contributed by atoms with Gasteiger partial charge in [-0.25, -0.2) is 35.5 Å². The second-order valence-corrected chi connectivity index (χ2v) is 20.8. The zero-order valence-corrected chi connectivity index (χ0v) is 27.2. The fraction of sp³-hybridized carbons (Fsp3) is 0.556. The zero-order valence-electron chi connectivity index (χ0n) is 24.5. The molecule has 1 atom stereocenters. The molecular weight excluding hydrogens is 567 g/mol. The van der Waals surface area contributed by atoms with Gasteiger partial charge < -0.3 is 9.33 Å². The van der Waals surface area contributed by atoms with Gasteiger partial charge in [0, 0.05) is 25.3 Å². The average Bonchev–Trinajstić information content (AvgIpc) is 3.24. The molecule has 0 unspecified atom stereocenters. The number of hydrogen-bond donors (Lipinski definition) is 1. The molecule has 0 amide bonds. The SMILES string of the molecule is Cc1ccc(S(=O)(=O)n2ccc3c(N(C)C4CC(NS(=O)(=O)C[C@@H](C)O[Si](C)(C)C(C)(C)C)C4)ncnc32)cc1. The van der Waals surface area contributed by atoms with Crippen molar-refractivity contribution in [1.82, 2.24) is 18.7 Å². The van der Waals surface area contributed by atoms with Crippen LogP contribution in [0.1, 0.15) is 46.1 Å². The van der Waals surface area contributed by atoms with Crippen LogP contribution in [0, 0.1) is 6.92 Å². The number of anilines is 1. The van der Waals surface area contributed by atoms with Crippen LogP contribution in [0.2, 0.25) is 18.1 Å². The van der Waals surface area contributed by atoms with Crippen LogP contribution in [-0.4, -0.2) is 70.1 Å². The highest BCUT2D eigenvalue weighted by Crippen LogP contribution is 2.37. The Balaban J connectivity index is 1.42. The summed E-state index contributed by atoms with van der Waals surface area (Å²) in [5.74, 6) is 0.525. The Morgan fingerprint density at radius 2 is 1.73 bits per heavy atom. The minimum absolute atomic E-state index is 0.00246. The highest BCUT2D eigenvalue weighted by molar-refractivity contribution is 7.90. The molecule has 0 bridgehead atoms. The lowest BCUT2D eigenvalue weighted by Gasteiger charge is -2.42. The molecule has 0 spiro atoms. The minimum Gasteiger partial charge on any atom is -0.413 e. The van der Waals surface area contributed by atoms with Crippen molar-refractivity contribution in [2.75, 3.05) is 17.7 Å². The summed E-state index contributed by atoms with van der Waals surface area (Å²) in [5, 5.41) is 0.615. The van der Waals surface area contributed by atoms with Crippen molar-refractivity contribution in [2.45, 2.75) is 88.7 Å². The summed E-state index contributed by atoms with van der Waals surface area (Å²) in [5.41, 5.74) is 1.27. The van der Waals surface area contributed by atoms with E-state index in [2.05, 4.69) is 48.6 Å². The Hall–Kier alpha value is -2.32. The number of benzene rings is 1. The van der Waals surface area contributed by atoms with E-state index in [4.69, 9.17) is 4.43 Å². The molecule has 0 aliphatic heterocycles. The molecule has 0 radical (unpaired) electrons. The van der Waals surface area contributed by atoms with Gasteiger partial charge in [0.2, 0.25) is 10.0 Å². The largest absolute Gasteiger partial charge is 0.413 e. The van der Waals surface area contributed by atoms with Gasteiger partial charge in [0.05, 0.1) is 22.1 Å². The molecule has 2 aromatic heterocycles. The summed E-state index contributed by atoms with van der Waals surface area (Å²) < 4.78 is 62.6. The number of hydrogen-bond acceptors (Lipinski definition) is 8. The molecule has 3 aromatic rings. The van der Waals surface area contributed by atoms with Crippen molar-refractivity contribution >= 4 is 45.2 Å². The predicted octanol–water partition coefficient (Wildman–Crippen LogP) is 4.27. The van der Waals surface area contributed by atoms with E-state index in [1.165, 1.54) is 16.5 Å². The lowest BCUT2D eigenvalue weighted by atomic mass is 9.86. The van der Waals surface area contributed by atoms with Crippen molar-refractivity contribution in [3.63, 3.8) is 0 Å². The summed E-state index contributed by atoms with van der Waals surface area (Å²) in [6.07, 6.45) is 3.68. The van der Waals surface area contributed by atoms with Gasteiger partial charge in [-0.3, -0.25) is 0 Å². The van der Waals surface area contributed by atoms with Gasteiger partial charge in [0.1, 0.15) is 12.1 Å². The molecule has 1 N–H and O–H groups in total. The van der Waals surface area contributed by atoms with Crippen LogP contribution in [0.4, 0.5) is 5.82 Å². The monoisotopic (exact) mass is 607 g/mol. The first kappa shape index (κ1) is 30.6. The van der Waals surface area contributed by atoms with Crippen LogP contribution in [0.5, 0.6) is 0 Å². The summed E-state index contributed by atoms with van der Waals surface area (Å²) in [7, 11) is -7.53. The first-order valence-corrected chi connectivity index (χ1v) is 19.5. The van der Waals surface area contributed by atoms with Crippen molar-refractivity contribution in [3.05, 3.63) is 48.4 Å². The third-order valence-electron chi connectivity index (χ3n) is 8.10. The van der Waals surface area contributed by atoms with Crippen molar-refractivity contribution < 1.29 is 21.3 Å². The van der Waals surface area contributed by atoms with Gasteiger partial charge in [-0.15, -0.1) is 0 Å². The smallest absolute Gasteiger partial charge is 0.269 e. The Morgan fingerprint density at radius 1 is 1.10 bits per heavy atom. The normalized spacial score (nSPS) is 19.4. The second kappa shape index (κ2) is 10.8. The van der Waals surface area contributed by atoms with Crippen LogP contribution in [0.15, 0.2) is 47.8 Å². The highest BCUT2D eigenvalue weighted by Gasteiger charge is 2.40. The summed E-state index contributed by atoms with van der Waals surface area (Å²) in [4.78, 5) is 10.9. The quantitative estimate of drug-likeness (QED) is 0.339. The van der Waals surface area contributed by atoms with Crippen LogP contribution in [-0.2, 0) is 24.5 Å². The fourth-order valence-corrected chi connectivity index (χ4v) is 9.06. The Morgan fingerprint density at radius 3 is 2.33 bits per heavy atom. The molecule has 1 aliphatic carbocycles. The predicted molar refractivity (Wildman–Crippen MR) is 161 cm³/mol. The molecule has 2 heterocycles. The number of rotatable bonds is 10. The third-order valence-corrected chi connectivity index (χ3v) is 16.0. The molecule has 1 fully saturated rings. The molecule has 40 heavy (non-hydrogen) atoms. The van der Waals surface area contributed by atoms with Crippen molar-refractivity contribution in [1.29, 1.82) is 0 Å². The lowest BCUT2D eigenvalue weighted by Crippen LogP contribution is -2.54. The first-order chi connectivity index (χ1) is 18.4. The maximum Gasteiger partial charge on any atom is 0.269 e. The van der Waals surface area contributed by atoms with E-state index in [1.807, 2.05) is 25.8 Å². The number of aromatic nitrogens is 3. The number of nitrogens with one attached hydrogen (secondary N) is 1. The van der Waals surface area contributed by atoms with E-state index in [1.54, 1.807) is 30.3 Å². The van der Waals surface area contributed by atoms with E-state index in [0.717, 1.165) is 5.56 Å².